The van der Waals surface area contributed by atoms with E-state index in [1.165, 1.54) is 61.2 Å². The molecule has 1 nitrogen and oxygen atoms in total. The number of benzene rings is 8. The fourth-order valence-electron chi connectivity index (χ4n) is 6.88. The highest BCUT2D eigenvalue weighted by Crippen LogP contribution is 2.35. The van der Waals surface area contributed by atoms with E-state index in [9.17, 15) is 0 Å². The lowest BCUT2D eigenvalue weighted by molar-refractivity contribution is 0.669. The van der Waals surface area contributed by atoms with Gasteiger partial charge in [-0.1, -0.05) is 158 Å². The number of furan rings is 1. The first-order chi connectivity index (χ1) is 24.2. The van der Waals surface area contributed by atoms with Crippen LogP contribution in [0.1, 0.15) is 0 Å². The molecule has 0 unspecified atom stereocenters. The summed E-state index contributed by atoms with van der Waals surface area (Å²) in [5.74, 6) is 0. The van der Waals surface area contributed by atoms with E-state index >= 15 is 0 Å². The minimum Gasteiger partial charge on any atom is -0.456 e. The zero-order valence-corrected chi connectivity index (χ0v) is 26.9. The molecule has 1 heterocycles. The van der Waals surface area contributed by atoms with E-state index in [2.05, 4.69) is 182 Å². The highest BCUT2D eigenvalue weighted by Gasteiger charge is 2.10. The van der Waals surface area contributed by atoms with E-state index in [0.29, 0.717) is 0 Å². The summed E-state index contributed by atoms with van der Waals surface area (Å²) in [4.78, 5) is 0. The zero-order valence-electron chi connectivity index (χ0n) is 26.9. The second-order valence-electron chi connectivity index (χ2n) is 12.6. The van der Waals surface area contributed by atoms with E-state index in [-0.39, 0.29) is 0 Å². The van der Waals surface area contributed by atoms with Crippen LogP contribution in [0.2, 0.25) is 0 Å². The Kier molecular flexibility index (Phi) is 7.22. The lowest BCUT2D eigenvalue weighted by Crippen LogP contribution is -1.85. The molecule has 0 amide bonds. The van der Waals surface area contributed by atoms with Crippen LogP contribution in [0.3, 0.4) is 0 Å². The molecular weight excluding hydrogens is 593 g/mol. The predicted octanol–water partition coefficient (Wildman–Crippen LogP) is 13.6. The minimum atomic E-state index is 0.916. The topological polar surface area (TPSA) is 13.1 Å². The first-order valence-corrected chi connectivity index (χ1v) is 16.7. The second kappa shape index (κ2) is 12.3. The van der Waals surface area contributed by atoms with Gasteiger partial charge in [0, 0.05) is 10.8 Å². The average Bonchev–Trinajstić information content (AvgIpc) is 3.57. The van der Waals surface area contributed by atoms with Gasteiger partial charge in [0.15, 0.2) is 0 Å². The van der Waals surface area contributed by atoms with Gasteiger partial charge in [0.1, 0.15) is 11.2 Å². The fourth-order valence-corrected chi connectivity index (χ4v) is 6.88. The second-order valence-corrected chi connectivity index (χ2v) is 12.6. The van der Waals surface area contributed by atoms with E-state index in [0.717, 1.165) is 27.5 Å². The van der Waals surface area contributed by atoms with Gasteiger partial charge in [-0.25, -0.2) is 0 Å². The molecule has 1 heteroatoms. The van der Waals surface area contributed by atoms with Crippen molar-refractivity contribution in [2.45, 2.75) is 0 Å². The number of rotatable bonds is 6. The molecular formula is C48H32O. The molecule has 0 saturated carbocycles. The Labute approximate surface area is 286 Å². The van der Waals surface area contributed by atoms with Crippen molar-refractivity contribution in [3.63, 3.8) is 0 Å². The molecule has 0 radical (unpaired) electrons. The number of fused-ring (bicyclic) bond motifs is 3. The molecule has 1 aromatic heterocycles. The van der Waals surface area contributed by atoms with Crippen LogP contribution in [0, 0.1) is 0 Å². The largest absolute Gasteiger partial charge is 0.456 e. The zero-order chi connectivity index (χ0) is 32.6. The Morgan fingerprint density at radius 1 is 0.204 bits per heavy atom. The Balaban J connectivity index is 0.961. The quantitative estimate of drug-likeness (QED) is 0.179. The van der Waals surface area contributed by atoms with Crippen LogP contribution >= 0.6 is 0 Å². The standard InChI is InChI=1S/C48H32O/c1-2-9-33(10-3-1)34-19-21-35(22-20-34)38-11-6-12-39(29-38)36-23-25-37(26-24-36)40-13-7-14-41(30-40)42-15-8-16-43(31-42)44-27-28-46-45-17-4-5-18-47(45)49-48(46)32-44/h1-32H. The van der Waals surface area contributed by atoms with Crippen LogP contribution in [0.15, 0.2) is 199 Å². The fraction of sp³-hybridized carbons (Fsp3) is 0. The Hall–Kier alpha value is -6.44. The molecule has 0 aliphatic heterocycles. The normalized spacial score (nSPS) is 11.3. The van der Waals surface area contributed by atoms with Crippen molar-refractivity contribution in [1.82, 2.24) is 0 Å². The molecule has 9 rings (SSSR count). The van der Waals surface area contributed by atoms with E-state index in [1.54, 1.807) is 0 Å². The lowest BCUT2D eigenvalue weighted by Gasteiger charge is -2.10. The van der Waals surface area contributed by atoms with Crippen molar-refractivity contribution in [2.75, 3.05) is 0 Å². The maximum absolute atomic E-state index is 6.17. The number of hydrogen-bond donors (Lipinski definition) is 0. The lowest BCUT2D eigenvalue weighted by atomic mass is 9.94. The monoisotopic (exact) mass is 624 g/mol. The number of hydrogen-bond acceptors (Lipinski definition) is 1. The third-order valence-electron chi connectivity index (χ3n) is 9.51. The van der Waals surface area contributed by atoms with Gasteiger partial charge < -0.3 is 4.42 Å². The van der Waals surface area contributed by atoms with Gasteiger partial charge in [-0.3, -0.25) is 0 Å². The maximum Gasteiger partial charge on any atom is 0.136 e. The van der Waals surface area contributed by atoms with Crippen LogP contribution in [0.4, 0.5) is 0 Å². The smallest absolute Gasteiger partial charge is 0.136 e. The summed E-state index contributed by atoms with van der Waals surface area (Å²) in [6.07, 6.45) is 0. The Bertz CT molecular complexity index is 2570. The molecule has 0 bridgehead atoms. The van der Waals surface area contributed by atoms with Crippen molar-refractivity contribution in [3.05, 3.63) is 194 Å². The molecule has 9 aromatic rings. The van der Waals surface area contributed by atoms with Crippen molar-refractivity contribution < 1.29 is 4.42 Å². The molecule has 0 atom stereocenters. The first-order valence-electron chi connectivity index (χ1n) is 16.7. The third-order valence-corrected chi connectivity index (χ3v) is 9.51. The molecule has 230 valence electrons. The summed E-state index contributed by atoms with van der Waals surface area (Å²) >= 11 is 0. The molecule has 8 aromatic carbocycles. The van der Waals surface area contributed by atoms with Gasteiger partial charge in [-0.2, -0.15) is 0 Å². The Morgan fingerprint density at radius 2 is 0.531 bits per heavy atom. The molecule has 0 N–H and O–H groups in total. The minimum absolute atomic E-state index is 0.916. The van der Waals surface area contributed by atoms with Crippen LogP contribution in [0.5, 0.6) is 0 Å². The molecule has 49 heavy (non-hydrogen) atoms. The van der Waals surface area contributed by atoms with Crippen LogP contribution in [-0.2, 0) is 0 Å². The number of para-hydroxylation sites is 1. The molecule has 0 spiro atoms. The Morgan fingerprint density at radius 3 is 1.04 bits per heavy atom. The molecule has 0 aliphatic carbocycles. The van der Waals surface area contributed by atoms with Gasteiger partial charge in [0.05, 0.1) is 0 Å². The highest BCUT2D eigenvalue weighted by atomic mass is 16.3. The summed E-state index contributed by atoms with van der Waals surface area (Å²) in [6.45, 7) is 0. The van der Waals surface area contributed by atoms with E-state index in [4.69, 9.17) is 4.42 Å². The summed E-state index contributed by atoms with van der Waals surface area (Å²) in [7, 11) is 0. The first kappa shape index (κ1) is 28.8. The van der Waals surface area contributed by atoms with Gasteiger partial charge >= 0.3 is 0 Å². The van der Waals surface area contributed by atoms with Crippen molar-refractivity contribution in [1.29, 1.82) is 0 Å². The van der Waals surface area contributed by atoms with Gasteiger partial charge in [0.2, 0.25) is 0 Å². The van der Waals surface area contributed by atoms with Gasteiger partial charge in [-0.05, 0) is 103 Å². The predicted molar refractivity (Wildman–Crippen MR) is 206 cm³/mol. The summed E-state index contributed by atoms with van der Waals surface area (Å²) in [5.41, 5.74) is 16.3. The summed E-state index contributed by atoms with van der Waals surface area (Å²) in [6, 6.07) is 69.4. The summed E-state index contributed by atoms with van der Waals surface area (Å²) < 4.78 is 6.17. The third kappa shape index (κ3) is 5.62. The SMILES string of the molecule is c1ccc(-c2ccc(-c3cccc(-c4ccc(-c5cccc(-c6cccc(-c7ccc8c(c7)oc7ccccc78)c6)c5)cc4)c3)cc2)cc1. The summed E-state index contributed by atoms with van der Waals surface area (Å²) in [5, 5.41) is 2.30. The average molecular weight is 625 g/mol. The van der Waals surface area contributed by atoms with Crippen LogP contribution < -0.4 is 0 Å². The molecule has 0 aliphatic rings. The highest BCUT2D eigenvalue weighted by molar-refractivity contribution is 6.05. The van der Waals surface area contributed by atoms with Crippen molar-refractivity contribution in [3.8, 4) is 66.8 Å². The van der Waals surface area contributed by atoms with Crippen LogP contribution in [-0.4, -0.2) is 0 Å². The van der Waals surface area contributed by atoms with Crippen molar-refractivity contribution in [2.24, 2.45) is 0 Å². The van der Waals surface area contributed by atoms with Crippen molar-refractivity contribution >= 4 is 21.9 Å². The molecule has 0 saturated heterocycles. The van der Waals surface area contributed by atoms with E-state index in [1.807, 2.05) is 12.1 Å². The van der Waals surface area contributed by atoms with Gasteiger partial charge in [-0.15, -0.1) is 0 Å². The molecule has 0 fully saturated rings. The van der Waals surface area contributed by atoms with Gasteiger partial charge in [0.25, 0.3) is 0 Å². The maximum atomic E-state index is 6.17. The van der Waals surface area contributed by atoms with E-state index < -0.39 is 0 Å². The van der Waals surface area contributed by atoms with Crippen LogP contribution in [0.25, 0.3) is 88.7 Å².